The standard InChI is InChI=1S/C26H22ClF3N4OS/c1-12-7-21(24-32-19-9-17(26(28,29)30)18(27)10-20(19)33-24)34(11-12)25(35)22-23(36-15(4)31-22)16-6-5-13(2)14(3)8-16/h5-6,8-10,21H,1,7,11H2,2-4H3,(H,32,33)/t21-/m0/s1. The minimum absolute atomic E-state index is 0.201. The number of amides is 1. The second-order valence-electron chi connectivity index (χ2n) is 9.08. The average molecular weight is 531 g/mol. The molecule has 2 aromatic heterocycles. The number of thiazole rings is 1. The summed E-state index contributed by atoms with van der Waals surface area (Å²) in [6.07, 6.45) is -4.15. The molecule has 186 valence electrons. The summed E-state index contributed by atoms with van der Waals surface area (Å²) in [7, 11) is 0. The van der Waals surface area contributed by atoms with Crippen LogP contribution in [0.2, 0.25) is 5.02 Å². The van der Waals surface area contributed by atoms with Crippen molar-refractivity contribution in [3.05, 3.63) is 80.7 Å². The first-order chi connectivity index (χ1) is 16.9. The molecule has 1 saturated heterocycles. The van der Waals surface area contributed by atoms with E-state index in [1.807, 2.05) is 39.0 Å². The van der Waals surface area contributed by atoms with E-state index in [1.54, 1.807) is 4.90 Å². The Bertz CT molecular complexity index is 1540. The van der Waals surface area contributed by atoms with E-state index in [9.17, 15) is 18.0 Å². The number of fused-ring (bicyclic) bond motifs is 1. The Kier molecular flexibility index (Phi) is 5.95. The van der Waals surface area contributed by atoms with Crippen molar-refractivity contribution < 1.29 is 18.0 Å². The van der Waals surface area contributed by atoms with Crippen LogP contribution in [-0.4, -0.2) is 32.3 Å². The van der Waals surface area contributed by atoms with E-state index in [-0.39, 0.29) is 11.4 Å². The second kappa shape index (κ2) is 8.74. The van der Waals surface area contributed by atoms with Gasteiger partial charge in [0.05, 0.1) is 37.5 Å². The Hall–Kier alpha value is -3.17. The van der Waals surface area contributed by atoms with Gasteiger partial charge in [-0.25, -0.2) is 9.97 Å². The lowest BCUT2D eigenvalue weighted by Crippen LogP contribution is -2.31. The maximum Gasteiger partial charge on any atom is 0.417 e. The molecule has 2 aromatic carbocycles. The molecular weight excluding hydrogens is 509 g/mol. The van der Waals surface area contributed by atoms with Crippen LogP contribution in [0.3, 0.4) is 0 Å². The minimum atomic E-state index is -4.59. The summed E-state index contributed by atoms with van der Waals surface area (Å²) in [4.78, 5) is 28.2. The molecule has 4 aromatic rings. The van der Waals surface area contributed by atoms with Gasteiger partial charge in [0.25, 0.3) is 5.91 Å². The number of imidazole rings is 1. The molecule has 0 radical (unpaired) electrons. The van der Waals surface area contributed by atoms with E-state index in [2.05, 4.69) is 21.5 Å². The lowest BCUT2D eigenvalue weighted by atomic mass is 10.0. The zero-order valence-corrected chi connectivity index (χ0v) is 21.3. The SMILES string of the molecule is C=C1C[C@@H](c2nc3cc(Cl)c(C(F)(F)F)cc3[nH]2)N(C(=O)c2nc(C)sc2-c2ccc(C)c(C)c2)C1. The van der Waals surface area contributed by atoms with Gasteiger partial charge in [0.15, 0.2) is 0 Å². The monoisotopic (exact) mass is 530 g/mol. The largest absolute Gasteiger partial charge is 0.417 e. The second-order valence-corrected chi connectivity index (χ2v) is 10.7. The fraction of sp³-hybridized carbons (Fsp3) is 0.269. The molecule has 5 rings (SSSR count). The molecule has 36 heavy (non-hydrogen) atoms. The zero-order valence-electron chi connectivity index (χ0n) is 19.8. The van der Waals surface area contributed by atoms with E-state index >= 15 is 0 Å². The van der Waals surface area contributed by atoms with Gasteiger partial charge in [-0.05, 0) is 56.0 Å². The molecule has 0 bridgehead atoms. The van der Waals surface area contributed by atoms with Crippen molar-refractivity contribution in [2.24, 2.45) is 0 Å². The van der Waals surface area contributed by atoms with Crippen molar-refractivity contribution in [3.8, 4) is 10.4 Å². The Balaban J connectivity index is 1.54. The third-order valence-corrected chi connectivity index (χ3v) is 7.76. The molecule has 1 amide bonds. The number of nitrogens with zero attached hydrogens (tertiary/aromatic N) is 3. The first-order valence-electron chi connectivity index (χ1n) is 11.2. The summed E-state index contributed by atoms with van der Waals surface area (Å²) in [6.45, 7) is 10.3. The van der Waals surface area contributed by atoms with Crippen molar-refractivity contribution >= 4 is 39.9 Å². The molecule has 3 heterocycles. The average Bonchev–Trinajstić information content (AvgIpc) is 3.49. The molecule has 0 unspecified atom stereocenters. The molecule has 1 N–H and O–H groups in total. The third kappa shape index (κ3) is 4.30. The lowest BCUT2D eigenvalue weighted by Gasteiger charge is -2.22. The maximum absolute atomic E-state index is 13.8. The van der Waals surface area contributed by atoms with Gasteiger partial charge in [0.1, 0.15) is 11.5 Å². The van der Waals surface area contributed by atoms with Gasteiger partial charge < -0.3 is 9.88 Å². The number of hydrogen-bond donors (Lipinski definition) is 1. The highest BCUT2D eigenvalue weighted by Crippen LogP contribution is 2.40. The smallest absolute Gasteiger partial charge is 0.340 e. The third-order valence-electron chi connectivity index (χ3n) is 6.43. The number of carbonyl (C=O) groups is 1. The van der Waals surface area contributed by atoms with E-state index < -0.39 is 22.8 Å². The Morgan fingerprint density at radius 1 is 1.17 bits per heavy atom. The summed E-state index contributed by atoms with van der Waals surface area (Å²) >= 11 is 7.33. The number of halogens is 4. The number of alkyl halides is 3. The van der Waals surface area contributed by atoms with Gasteiger partial charge in [-0.15, -0.1) is 11.3 Å². The molecule has 10 heteroatoms. The van der Waals surface area contributed by atoms with Crippen LogP contribution in [-0.2, 0) is 6.18 Å². The lowest BCUT2D eigenvalue weighted by molar-refractivity contribution is -0.137. The van der Waals surface area contributed by atoms with E-state index in [4.69, 9.17) is 11.6 Å². The Morgan fingerprint density at radius 2 is 1.92 bits per heavy atom. The summed E-state index contributed by atoms with van der Waals surface area (Å²) in [5.74, 6) is 0.109. The molecule has 1 fully saturated rings. The van der Waals surface area contributed by atoms with Crippen molar-refractivity contribution in [2.45, 2.75) is 39.4 Å². The molecular formula is C26H22ClF3N4OS. The number of benzene rings is 2. The zero-order chi connectivity index (χ0) is 25.9. The fourth-order valence-electron chi connectivity index (χ4n) is 4.47. The fourth-order valence-corrected chi connectivity index (χ4v) is 5.64. The molecule has 1 aliphatic heterocycles. The van der Waals surface area contributed by atoms with Gasteiger partial charge in [-0.1, -0.05) is 42.0 Å². The van der Waals surface area contributed by atoms with Crippen LogP contribution in [0, 0.1) is 20.8 Å². The highest BCUT2D eigenvalue weighted by atomic mass is 35.5. The molecule has 0 aliphatic carbocycles. The number of nitrogens with one attached hydrogen (secondary N) is 1. The van der Waals surface area contributed by atoms with Crippen molar-refractivity contribution in [3.63, 3.8) is 0 Å². The molecule has 0 spiro atoms. The number of aromatic amines is 1. The van der Waals surface area contributed by atoms with E-state index in [0.717, 1.165) is 38.2 Å². The molecule has 5 nitrogen and oxygen atoms in total. The Morgan fingerprint density at radius 3 is 2.61 bits per heavy atom. The van der Waals surface area contributed by atoms with Crippen LogP contribution in [0.4, 0.5) is 13.2 Å². The van der Waals surface area contributed by atoms with Gasteiger partial charge in [0.2, 0.25) is 0 Å². The number of aromatic nitrogens is 3. The van der Waals surface area contributed by atoms with Crippen molar-refractivity contribution in [1.82, 2.24) is 19.9 Å². The normalized spacial score (nSPS) is 16.4. The number of rotatable bonds is 3. The van der Waals surface area contributed by atoms with E-state index in [1.165, 1.54) is 17.4 Å². The van der Waals surface area contributed by atoms with Crippen LogP contribution in [0.5, 0.6) is 0 Å². The maximum atomic E-state index is 13.8. The first kappa shape index (κ1) is 24.5. The number of likely N-dealkylation sites (tertiary alicyclic amines) is 1. The minimum Gasteiger partial charge on any atom is -0.340 e. The van der Waals surface area contributed by atoms with Crippen molar-refractivity contribution in [2.75, 3.05) is 6.54 Å². The number of hydrogen-bond acceptors (Lipinski definition) is 4. The summed E-state index contributed by atoms with van der Waals surface area (Å²) < 4.78 is 40.0. The van der Waals surface area contributed by atoms with Crippen LogP contribution < -0.4 is 0 Å². The predicted molar refractivity (Wildman–Crippen MR) is 135 cm³/mol. The number of aryl methyl sites for hydroxylation is 3. The summed E-state index contributed by atoms with van der Waals surface area (Å²) in [5, 5.41) is 0.340. The van der Waals surface area contributed by atoms with Gasteiger partial charge in [-0.3, -0.25) is 4.79 Å². The highest BCUT2D eigenvalue weighted by Gasteiger charge is 2.38. The van der Waals surface area contributed by atoms with Gasteiger partial charge in [-0.2, -0.15) is 13.2 Å². The predicted octanol–water partition coefficient (Wildman–Crippen LogP) is 7.43. The number of H-pyrrole nitrogens is 1. The number of carbonyl (C=O) groups excluding carboxylic acids is 1. The quantitative estimate of drug-likeness (QED) is 0.280. The highest BCUT2D eigenvalue weighted by molar-refractivity contribution is 7.15. The Labute approximate surface area is 214 Å². The van der Waals surface area contributed by atoms with Crippen molar-refractivity contribution in [1.29, 1.82) is 0 Å². The van der Waals surface area contributed by atoms with Crippen LogP contribution in [0.15, 0.2) is 42.5 Å². The van der Waals surface area contributed by atoms with Crippen LogP contribution >= 0.6 is 22.9 Å². The molecule has 0 saturated carbocycles. The first-order valence-corrected chi connectivity index (χ1v) is 12.4. The molecule has 1 aliphatic rings. The van der Waals surface area contributed by atoms with E-state index in [0.29, 0.717) is 30.0 Å². The van der Waals surface area contributed by atoms with Gasteiger partial charge >= 0.3 is 6.18 Å². The van der Waals surface area contributed by atoms with Crippen LogP contribution in [0.1, 0.15) is 50.5 Å². The topological polar surface area (TPSA) is 61.9 Å². The van der Waals surface area contributed by atoms with Crippen LogP contribution in [0.25, 0.3) is 21.5 Å². The molecule has 1 atom stereocenters. The summed E-state index contributed by atoms with van der Waals surface area (Å²) in [6, 6.07) is 7.67. The summed E-state index contributed by atoms with van der Waals surface area (Å²) in [5.41, 5.74) is 3.92. The van der Waals surface area contributed by atoms with Gasteiger partial charge in [0, 0.05) is 6.54 Å².